The predicted molar refractivity (Wildman–Crippen MR) is 158 cm³/mol. The van der Waals surface area contributed by atoms with E-state index in [0.29, 0.717) is 16.6 Å². The van der Waals surface area contributed by atoms with Crippen molar-refractivity contribution in [3.05, 3.63) is 71.8 Å². The second-order valence-corrected chi connectivity index (χ2v) is 17.8. The fourth-order valence-electron chi connectivity index (χ4n) is 5.88. The molecule has 2 atom stereocenters. The second kappa shape index (κ2) is 13.7. The minimum absolute atomic E-state index is 0.126. The van der Waals surface area contributed by atoms with E-state index >= 15 is 0 Å². The first-order valence-corrected chi connectivity index (χ1v) is 16.1. The summed E-state index contributed by atoms with van der Waals surface area (Å²) in [6.45, 7) is 23.3. The molecule has 0 spiro atoms. The van der Waals surface area contributed by atoms with E-state index in [2.05, 4.69) is 102 Å². The van der Waals surface area contributed by atoms with E-state index < -0.39 is 13.9 Å². The Bertz CT molecular complexity index is 874. The normalized spacial score (nSPS) is 14.4. The van der Waals surface area contributed by atoms with Crippen molar-refractivity contribution >= 4 is 14.3 Å². The van der Waals surface area contributed by atoms with Gasteiger partial charge in [-0.1, -0.05) is 102 Å². The number of hydrogen-bond acceptors (Lipinski definition) is 4. The van der Waals surface area contributed by atoms with Crippen LogP contribution in [-0.4, -0.2) is 36.9 Å². The third kappa shape index (κ3) is 9.08. The van der Waals surface area contributed by atoms with Crippen molar-refractivity contribution in [2.24, 2.45) is 0 Å². The van der Waals surface area contributed by atoms with Crippen LogP contribution in [-0.2, 0) is 27.0 Å². The molecule has 0 saturated heterocycles. The molecule has 0 N–H and O–H groups in total. The summed E-state index contributed by atoms with van der Waals surface area (Å²) in [5, 5.41) is 0. The minimum atomic E-state index is -2.16. The van der Waals surface area contributed by atoms with Crippen molar-refractivity contribution < 1.29 is 14.0 Å². The topological polar surface area (TPSA) is 38.8 Å². The SMILES string of the molecule is CC(C)[Si](O[C@@H](C)[C@H](CC(=O)OC(C)(C)C)N(Cc1ccccc1)Cc1ccccc1)(C(C)C)C(C)C. The van der Waals surface area contributed by atoms with Gasteiger partial charge >= 0.3 is 5.97 Å². The number of carbonyl (C=O) groups excluding carboxylic acids is 1. The fourth-order valence-corrected chi connectivity index (χ4v) is 11.5. The third-order valence-electron chi connectivity index (χ3n) is 7.36. The zero-order chi connectivity index (χ0) is 27.8. The molecule has 0 aliphatic rings. The Balaban J connectivity index is 2.52. The summed E-state index contributed by atoms with van der Waals surface area (Å²) in [5.74, 6) is -0.176. The average molecular weight is 526 g/mol. The van der Waals surface area contributed by atoms with Crippen LogP contribution in [0.3, 0.4) is 0 Å². The molecule has 0 amide bonds. The minimum Gasteiger partial charge on any atom is -0.460 e. The molecule has 0 heterocycles. The highest BCUT2D eigenvalue weighted by Gasteiger charge is 2.47. The number of carbonyl (C=O) groups is 1. The summed E-state index contributed by atoms with van der Waals surface area (Å²) in [6.07, 6.45) is 0.162. The largest absolute Gasteiger partial charge is 0.460 e. The van der Waals surface area contributed by atoms with Gasteiger partial charge in [-0.2, -0.15) is 0 Å². The average Bonchev–Trinajstić information content (AvgIpc) is 2.80. The first-order chi connectivity index (χ1) is 17.3. The molecule has 0 aliphatic heterocycles. The van der Waals surface area contributed by atoms with Crippen LogP contribution >= 0.6 is 0 Å². The zero-order valence-electron chi connectivity index (χ0n) is 25.0. The number of ether oxygens (including phenoxy) is 1. The maximum Gasteiger partial charge on any atom is 0.307 e. The lowest BCUT2D eigenvalue weighted by molar-refractivity contribution is -0.157. The highest BCUT2D eigenvalue weighted by molar-refractivity contribution is 6.77. The standard InChI is InChI=1S/C32H51NO3Si/c1-24(2)37(25(3)4,26(5)6)36-27(7)30(21-31(34)35-32(8,9)10)33(22-28-17-13-11-14-18-28)23-29-19-15-12-16-20-29/h11-20,24-27,30H,21-23H2,1-10H3/t27-,30-/m0/s1. The fraction of sp³-hybridized carbons (Fsp3) is 0.594. The van der Waals surface area contributed by atoms with Gasteiger partial charge in [0.2, 0.25) is 8.32 Å². The van der Waals surface area contributed by atoms with Crippen LogP contribution in [0.5, 0.6) is 0 Å². The van der Waals surface area contributed by atoms with Crippen molar-refractivity contribution in [1.29, 1.82) is 0 Å². The van der Waals surface area contributed by atoms with Crippen molar-refractivity contribution in [3.63, 3.8) is 0 Å². The van der Waals surface area contributed by atoms with Crippen LogP contribution in [0.25, 0.3) is 0 Å². The molecule has 0 fully saturated rings. The van der Waals surface area contributed by atoms with Crippen LogP contribution in [0.1, 0.15) is 86.8 Å². The molecule has 37 heavy (non-hydrogen) atoms. The Labute approximate surface area is 227 Å². The van der Waals surface area contributed by atoms with Gasteiger partial charge in [-0.3, -0.25) is 9.69 Å². The molecule has 206 valence electrons. The molecule has 0 saturated carbocycles. The molecule has 5 heteroatoms. The Morgan fingerprint density at radius 3 is 1.51 bits per heavy atom. The summed E-state index contributed by atoms with van der Waals surface area (Å²) in [6, 6.07) is 20.9. The highest BCUT2D eigenvalue weighted by Crippen LogP contribution is 2.43. The lowest BCUT2D eigenvalue weighted by Gasteiger charge is -2.47. The van der Waals surface area contributed by atoms with E-state index in [1.807, 2.05) is 32.9 Å². The Morgan fingerprint density at radius 1 is 0.757 bits per heavy atom. The maximum atomic E-state index is 13.3. The van der Waals surface area contributed by atoms with Gasteiger partial charge in [0.05, 0.1) is 12.5 Å². The molecule has 0 bridgehead atoms. The molecular formula is C32H51NO3Si. The summed E-state index contributed by atoms with van der Waals surface area (Å²) in [7, 11) is -2.16. The Kier molecular flexibility index (Phi) is 11.6. The Hall–Kier alpha value is -1.95. The second-order valence-electron chi connectivity index (χ2n) is 12.4. The van der Waals surface area contributed by atoms with E-state index in [1.54, 1.807) is 0 Å². The molecule has 0 radical (unpaired) electrons. The predicted octanol–water partition coefficient (Wildman–Crippen LogP) is 8.37. The van der Waals surface area contributed by atoms with Crippen molar-refractivity contribution in [2.45, 2.75) is 123 Å². The first kappa shape index (κ1) is 31.3. The molecule has 2 aromatic rings. The number of nitrogens with zero attached hydrogens (tertiary/aromatic N) is 1. The van der Waals surface area contributed by atoms with Gasteiger partial charge in [-0.05, 0) is 55.4 Å². The van der Waals surface area contributed by atoms with E-state index in [9.17, 15) is 4.79 Å². The van der Waals surface area contributed by atoms with Gasteiger partial charge in [0.15, 0.2) is 0 Å². The van der Waals surface area contributed by atoms with Crippen molar-refractivity contribution in [1.82, 2.24) is 4.90 Å². The van der Waals surface area contributed by atoms with E-state index in [4.69, 9.17) is 9.16 Å². The first-order valence-electron chi connectivity index (χ1n) is 14.0. The van der Waals surface area contributed by atoms with Crippen LogP contribution in [0.4, 0.5) is 0 Å². The number of esters is 1. The van der Waals surface area contributed by atoms with Gasteiger partial charge in [-0.15, -0.1) is 0 Å². The third-order valence-corrected chi connectivity index (χ3v) is 13.6. The van der Waals surface area contributed by atoms with Gasteiger partial charge in [0, 0.05) is 19.1 Å². The smallest absolute Gasteiger partial charge is 0.307 e. The molecule has 2 rings (SSSR count). The van der Waals surface area contributed by atoms with Crippen LogP contribution in [0, 0.1) is 0 Å². The van der Waals surface area contributed by atoms with Gasteiger partial charge in [0.1, 0.15) is 5.60 Å². The van der Waals surface area contributed by atoms with Gasteiger partial charge in [0.25, 0.3) is 0 Å². The van der Waals surface area contributed by atoms with E-state index in [-0.39, 0.29) is 24.5 Å². The number of benzene rings is 2. The van der Waals surface area contributed by atoms with Crippen molar-refractivity contribution in [2.75, 3.05) is 0 Å². The van der Waals surface area contributed by atoms with Crippen LogP contribution < -0.4 is 0 Å². The monoisotopic (exact) mass is 525 g/mol. The number of rotatable bonds is 13. The molecular weight excluding hydrogens is 474 g/mol. The van der Waals surface area contributed by atoms with Crippen molar-refractivity contribution in [3.8, 4) is 0 Å². The summed E-state index contributed by atoms with van der Waals surface area (Å²) < 4.78 is 13.1. The molecule has 4 nitrogen and oxygen atoms in total. The summed E-state index contributed by atoms with van der Waals surface area (Å²) >= 11 is 0. The van der Waals surface area contributed by atoms with Gasteiger partial charge < -0.3 is 9.16 Å². The van der Waals surface area contributed by atoms with Crippen LogP contribution in [0.15, 0.2) is 60.7 Å². The molecule has 0 aromatic heterocycles. The Morgan fingerprint density at radius 2 is 1.16 bits per heavy atom. The highest BCUT2D eigenvalue weighted by atomic mass is 28.4. The maximum absolute atomic E-state index is 13.3. The molecule has 2 aromatic carbocycles. The van der Waals surface area contributed by atoms with E-state index in [0.717, 1.165) is 13.1 Å². The number of hydrogen-bond donors (Lipinski definition) is 0. The quantitative estimate of drug-likeness (QED) is 0.194. The lowest BCUT2D eigenvalue weighted by Crippen LogP contribution is -2.54. The molecule has 0 unspecified atom stereocenters. The van der Waals surface area contributed by atoms with Crippen LogP contribution in [0.2, 0.25) is 16.6 Å². The summed E-state index contributed by atoms with van der Waals surface area (Å²) in [4.78, 5) is 15.7. The summed E-state index contributed by atoms with van der Waals surface area (Å²) in [5.41, 5.74) is 3.32. The molecule has 0 aliphatic carbocycles. The van der Waals surface area contributed by atoms with Gasteiger partial charge in [-0.25, -0.2) is 0 Å². The van der Waals surface area contributed by atoms with E-state index in [1.165, 1.54) is 11.1 Å². The zero-order valence-corrected chi connectivity index (χ0v) is 26.0. The lowest BCUT2D eigenvalue weighted by atomic mass is 10.0.